The third-order valence-corrected chi connectivity index (χ3v) is 3.37. The summed E-state index contributed by atoms with van der Waals surface area (Å²) in [6.45, 7) is 2.88. The predicted octanol–water partition coefficient (Wildman–Crippen LogP) is 2.09. The number of para-hydroxylation sites is 1. The van der Waals surface area contributed by atoms with E-state index in [9.17, 15) is 0 Å². The van der Waals surface area contributed by atoms with Gasteiger partial charge >= 0.3 is 0 Å². The van der Waals surface area contributed by atoms with Gasteiger partial charge in [-0.3, -0.25) is 4.98 Å². The second-order valence-corrected chi connectivity index (χ2v) is 4.73. The first-order valence-electron chi connectivity index (χ1n) is 6.66. The van der Waals surface area contributed by atoms with E-state index in [1.165, 1.54) is 10.9 Å². The van der Waals surface area contributed by atoms with E-state index in [0.29, 0.717) is 6.79 Å². The third kappa shape index (κ3) is 3.10. The van der Waals surface area contributed by atoms with Crippen LogP contribution in [0.3, 0.4) is 0 Å². The number of benzene rings is 1. The van der Waals surface area contributed by atoms with Crippen molar-refractivity contribution in [3.63, 3.8) is 0 Å². The van der Waals surface area contributed by atoms with Crippen molar-refractivity contribution in [2.24, 2.45) is 0 Å². The van der Waals surface area contributed by atoms with E-state index < -0.39 is 0 Å². The molecule has 19 heavy (non-hydrogen) atoms. The topological polar surface area (TPSA) is 43.4 Å². The van der Waals surface area contributed by atoms with Crippen molar-refractivity contribution >= 4 is 10.9 Å². The lowest BCUT2D eigenvalue weighted by Gasteiger charge is -2.23. The first kappa shape index (κ1) is 12.5. The molecule has 1 saturated heterocycles. The number of hydrogen-bond donors (Lipinski definition) is 1. The van der Waals surface area contributed by atoms with Gasteiger partial charge in [-0.05, 0) is 18.1 Å². The van der Waals surface area contributed by atoms with Crippen LogP contribution in [0.2, 0.25) is 0 Å². The molecule has 100 valence electrons. The molecular weight excluding hydrogens is 240 g/mol. The minimum absolute atomic E-state index is 0.261. The minimum Gasteiger partial charge on any atom is -0.355 e. The molecule has 0 bridgehead atoms. The maximum absolute atomic E-state index is 5.50. The lowest BCUT2D eigenvalue weighted by Crippen LogP contribution is -2.33. The van der Waals surface area contributed by atoms with E-state index in [0.717, 1.165) is 31.6 Å². The summed E-state index contributed by atoms with van der Waals surface area (Å²) in [5.74, 6) is 0. The summed E-state index contributed by atoms with van der Waals surface area (Å²) in [6.07, 6.45) is 3.06. The van der Waals surface area contributed by atoms with Gasteiger partial charge in [0.05, 0.1) is 18.2 Å². The van der Waals surface area contributed by atoms with Crippen LogP contribution in [0.1, 0.15) is 12.0 Å². The molecule has 2 heterocycles. The standard InChI is InChI=1S/C15H18N2O2/c1-3-12-5-2-7-17-15(12)13(4-1)9-16-10-14-6-8-18-11-19-14/h1-5,7,14,16H,6,8-11H2. The minimum atomic E-state index is 0.261. The Balaban J connectivity index is 1.62. The number of nitrogens with one attached hydrogen (secondary N) is 1. The van der Waals surface area contributed by atoms with Crippen molar-refractivity contribution in [3.8, 4) is 0 Å². The molecule has 0 saturated carbocycles. The van der Waals surface area contributed by atoms with Gasteiger partial charge in [-0.15, -0.1) is 0 Å². The highest BCUT2D eigenvalue weighted by Gasteiger charge is 2.13. The zero-order valence-corrected chi connectivity index (χ0v) is 10.8. The van der Waals surface area contributed by atoms with Crippen LogP contribution in [0.5, 0.6) is 0 Å². The van der Waals surface area contributed by atoms with Crippen molar-refractivity contribution in [3.05, 3.63) is 42.1 Å². The van der Waals surface area contributed by atoms with Crippen LogP contribution < -0.4 is 5.32 Å². The van der Waals surface area contributed by atoms with Crippen LogP contribution in [0, 0.1) is 0 Å². The Morgan fingerprint density at radius 2 is 2.21 bits per heavy atom. The normalized spacial score (nSPS) is 19.7. The average molecular weight is 258 g/mol. The Kier molecular flexibility index (Phi) is 4.03. The quantitative estimate of drug-likeness (QED) is 0.912. The Labute approximate surface area is 112 Å². The highest BCUT2D eigenvalue weighted by molar-refractivity contribution is 5.81. The van der Waals surface area contributed by atoms with Gasteiger partial charge in [-0.1, -0.05) is 24.3 Å². The third-order valence-electron chi connectivity index (χ3n) is 3.37. The van der Waals surface area contributed by atoms with Crippen molar-refractivity contribution in [1.82, 2.24) is 10.3 Å². The summed E-state index contributed by atoms with van der Waals surface area (Å²) in [6, 6.07) is 10.3. The fraction of sp³-hybridized carbons (Fsp3) is 0.400. The van der Waals surface area contributed by atoms with Gasteiger partial charge in [0, 0.05) is 24.7 Å². The van der Waals surface area contributed by atoms with Crippen molar-refractivity contribution in [2.45, 2.75) is 19.1 Å². The van der Waals surface area contributed by atoms with Gasteiger partial charge in [0.25, 0.3) is 0 Å². The van der Waals surface area contributed by atoms with E-state index in [-0.39, 0.29) is 6.10 Å². The second kappa shape index (κ2) is 6.10. The summed E-state index contributed by atoms with van der Waals surface area (Å²) in [7, 11) is 0. The molecule has 1 aromatic heterocycles. The molecule has 1 fully saturated rings. The molecule has 1 aromatic carbocycles. The number of hydrogen-bond acceptors (Lipinski definition) is 4. The molecule has 1 aliphatic heterocycles. The lowest BCUT2D eigenvalue weighted by molar-refractivity contribution is -0.137. The SMILES string of the molecule is c1cnc2c(CNCC3CCOCO3)cccc2c1. The predicted molar refractivity (Wildman–Crippen MR) is 73.8 cm³/mol. The van der Waals surface area contributed by atoms with E-state index in [4.69, 9.17) is 9.47 Å². The number of fused-ring (bicyclic) bond motifs is 1. The van der Waals surface area contributed by atoms with Crippen molar-refractivity contribution in [2.75, 3.05) is 19.9 Å². The zero-order chi connectivity index (χ0) is 12.9. The number of aromatic nitrogens is 1. The molecule has 2 aromatic rings. The first-order valence-corrected chi connectivity index (χ1v) is 6.66. The monoisotopic (exact) mass is 258 g/mol. The summed E-state index contributed by atoms with van der Waals surface area (Å²) in [4.78, 5) is 4.46. The highest BCUT2D eigenvalue weighted by Crippen LogP contribution is 2.15. The molecule has 1 aliphatic rings. The summed E-state index contributed by atoms with van der Waals surface area (Å²) in [5.41, 5.74) is 2.30. The maximum atomic E-state index is 5.50. The molecule has 4 nitrogen and oxygen atoms in total. The van der Waals surface area contributed by atoms with Crippen LogP contribution in [0.4, 0.5) is 0 Å². The molecule has 0 aliphatic carbocycles. The first-order chi connectivity index (χ1) is 9.43. The number of rotatable bonds is 4. The van der Waals surface area contributed by atoms with Crippen LogP contribution in [0.25, 0.3) is 10.9 Å². The molecule has 3 rings (SSSR count). The average Bonchev–Trinajstić information content (AvgIpc) is 2.49. The Morgan fingerprint density at radius 1 is 1.26 bits per heavy atom. The van der Waals surface area contributed by atoms with Crippen LogP contribution in [-0.2, 0) is 16.0 Å². The van der Waals surface area contributed by atoms with Gasteiger partial charge in [-0.2, -0.15) is 0 Å². The molecule has 0 spiro atoms. The van der Waals surface area contributed by atoms with Gasteiger partial charge in [-0.25, -0.2) is 0 Å². The Hall–Kier alpha value is -1.49. The highest BCUT2D eigenvalue weighted by atomic mass is 16.7. The fourth-order valence-electron chi connectivity index (χ4n) is 2.34. The molecule has 1 unspecified atom stereocenters. The molecule has 1 N–H and O–H groups in total. The van der Waals surface area contributed by atoms with Gasteiger partial charge in [0.2, 0.25) is 0 Å². The summed E-state index contributed by atoms with van der Waals surface area (Å²) < 4.78 is 10.7. The van der Waals surface area contributed by atoms with Gasteiger partial charge < -0.3 is 14.8 Å². The Morgan fingerprint density at radius 3 is 3.11 bits per heavy atom. The fourth-order valence-corrected chi connectivity index (χ4v) is 2.34. The molecular formula is C15H18N2O2. The largest absolute Gasteiger partial charge is 0.355 e. The van der Waals surface area contributed by atoms with Gasteiger partial charge in [0.15, 0.2) is 0 Å². The van der Waals surface area contributed by atoms with E-state index in [1.807, 2.05) is 12.3 Å². The molecule has 1 atom stereocenters. The van der Waals surface area contributed by atoms with E-state index >= 15 is 0 Å². The Bertz CT molecular complexity index is 533. The zero-order valence-electron chi connectivity index (χ0n) is 10.8. The van der Waals surface area contributed by atoms with E-state index in [1.54, 1.807) is 0 Å². The summed E-state index contributed by atoms with van der Waals surface area (Å²) in [5, 5.41) is 4.63. The van der Waals surface area contributed by atoms with Gasteiger partial charge in [0.1, 0.15) is 6.79 Å². The van der Waals surface area contributed by atoms with Crippen molar-refractivity contribution in [1.29, 1.82) is 0 Å². The van der Waals surface area contributed by atoms with Crippen LogP contribution in [0.15, 0.2) is 36.5 Å². The number of ether oxygens (including phenoxy) is 2. The van der Waals surface area contributed by atoms with Crippen LogP contribution in [-0.4, -0.2) is 31.0 Å². The molecule has 0 radical (unpaired) electrons. The number of pyridine rings is 1. The lowest BCUT2D eigenvalue weighted by atomic mass is 10.1. The van der Waals surface area contributed by atoms with Crippen LogP contribution >= 0.6 is 0 Å². The van der Waals surface area contributed by atoms with Crippen molar-refractivity contribution < 1.29 is 9.47 Å². The van der Waals surface area contributed by atoms with E-state index in [2.05, 4.69) is 34.6 Å². The molecule has 0 amide bonds. The maximum Gasteiger partial charge on any atom is 0.147 e. The number of nitrogens with zero attached hydrogens (tertiary/aromatic N) is 1. The summed E-state index contributed by atoms with van der Waals surface area (Å²) >= 11 is 0. The second-order valence-electron chi connectivity index (χ2n) is 4.73. The smallest absolute Gasteiger partial charge is 0.147 e. The molecule has 4 heteroatoms.